The highest BCUT2D eigenvalue weighted by Crippen LogP contribution is 2.34. The van der Waals surface area contributed by atoms with Gasteiger partial charge in [-0.1, -0.05) is 73.0 Å². The predicted molar refractivity (Wildman–Crippen MR) is 127 cm³/mol. The first-order valence-electron chi connectivity index (χ1n) is 10.6. The lowest BCUT2D eigenvalue weighted by Crippen LogP contribution is -2.47. The Hall–Kier alpha value is -2.63. The fraction of sp³-hybridized carbons (Fsp3) is 0.280. The van der Waals surface area contributed by atoms with Crippen LogP contribution in [0.3, 0.4) is 0 Å². The topological polar surface area (TPSA) is 49.4 Å². The van der Waals surface area contributed by atoms with E-state index in [1.807, 2.05) is 60.0 Å². The molecule has 1 aliphatic carbocycles. The predicted octanol–water partition coefficient (Wildman–Crippen LogP) is 5.78. The van der Waals surface area contributed by atoms with Crippen LogP contribution >= 0.6 is 22.9 Å². The molecule has 4 nitrogen and oxygen atoms in total. The third kappa shape index (κ3) is 5.17. The largest absolute Gasteiger partial charge is 0.351 e. The zero-order valence-electron chi connectivity index (χ0n) is 17.2. The van der Waals surface area contributed by atoms with Crippen molar-refractivity contribution in [1.29, 1.82) is 0 Å². The molecule has 1 fully saturated rings. The van der Waals surface area contributed by atoms with Crippen molar-refractivity contribution in [2.75, 3.05) is 4.90 Å². The minimum absolute atomic E-state index is 0.152. The van der Waals surface area contributed by atoms with Gasteiger partial charge < -0.3 is 5.32 Å². The van der Waals surface area contributed by atoms with Gasteiger partial charge in [0.15, 0.2) is 0 Å². The summed E-state index contributed by atoms with van der Waals surface area (Å²) in [5.41, 5.74) is 1.30. The van der Waals surface area contributed by atoms with Gasteiger partial charge in [-0.2, -0.15) is 0 Å². The second-order valence-electron chi connectivity index (χ2n) is 7.77. The number of halogens is 1. The molecule has 1 saturated carbocycles. The van der Waals surface area contributed by atoms with Crippen LogP contribution in [0, 0.1) is 0 Å². The lowest BCUT2D eigenvalue weighted by Gasteiger charge is -2.33. The monoisotopic (exact) mass is 452 g/mol. The maximum Gasteiger partial charge on any atom is 0.248 e. The van der Waals surface area contributed by atoms with Crippen molar-refractivity contribution in [2.24, 2.45) is 0 Å². The molecule has 0 radical (unpaired) electrons. The minimum Gasteiger partial charge on any atom is -0.351 e. The van der Waals surface area contributed by atoms with E-state index in [0.29, 0.717) is 10.7 Å². The van der Waals surface area contributed by atoms with E-state index in [1.54, 1.807) is 17.0 Å². The molecule has 1 N–H and O–H groups in total. The van der Waals surface area contributed by atoms with E-state index in [4.69, 9.17) is 11.6 Å². The van der Waals surface area contributed by atoms with Crippen molar-refractivity contribution in [3.63, 3.8) is 0 Å². The standard InChI is InChI=1S/C25H25ClN2O2S/c26-21-14-6-7-15-22(21)28(23(29)17-20-13-8-16-31-20)24(18-9-2-1-3-10-18)25(30)27-19-11-4-5-12-19/h1-3,6-10,13-16,19,24H,4-5,11-12,17H2,(H,27,30)/t24-/m1/s1. The van der Waals surface area contributed by atoms with Gasteiger partial charge in [0.2, 0.25) is 11.8 Å². The number of nitrogens with zero attached hydrogens (tertiary/aromatic N) is 1. The summed E-state index contributed by atoms with van der Waals surface area (Å²) >= 11 is 8.06. The van der Waals surface area contributed by atoms with Crippen LogP contribution in [0.1, 0.15) is 42.2 Å². The number of nitrogens with one attached hydrogen (secondary N) is 1. The highest BCUT2D eigenvalue weighted by molar-refractivity contribution is 7.10. The fourth-order valence-corrected chi connectivity index (χ4v) is 5.04. The molecule has 1 heterocycles. The van der Waals surface area contributed by atoms with Gasteiger partial charge in [-0.05, 0) is 42.0 Å². The maximum absolute atomic E-state index is 13.6. The van der Waals surface area contributed by atoms with Gasteiger partial charge in [-0.3, -0.25) is 14.5 Å². The van der Waals surface area contributed by atoms with Crippen LogP contribution in [0.15, 0.2) is 72.1 Å². The first-order chi connectivity index (χ1) is 15.1. The van der Waals surface area contributed by atoms with Crippen LogP contribution in [0.2, 0.25) is 5.02 Å². The molecule has 0 saturated heterocycles. The molecule has 2 amide bonds. The second kappa shape index (κ2) is 10.1. The number of hydrogen-bond acceptors (Lipinski definition) is 3. The molecule has 1 atom stereocenters. The summed E-state index contributed by atoms with van der Waals surface area (Å²) < 4.78 is 0. The van der Waals surface area contributed by atoms with Crippen molar-refractivity contribution in [1.82, 2.24) is 5.32 Å². The molecule has 0 bridgehead atoms. The summed E-state index contributed by atoms with van der Waals surface area (Å²) in [6.07, 6.45) is 4.40. The average molecular weight is 453 g/mol. The Bertz CT molecular complexity index is 1020. The van der Waals surface area contributed by atoms with Crippen LogP contribution in [0.5, 0.6) is 0 Å². The van der Waals surface area contributed by atoms with Crippen molar-refractivity contribution in [2.45, 2.75) is 44.2 Å². The van der Waals surface area contributed by atoms with E-state index in [-0.39, 0.29) is 24.3 Å². The molecule has 160 valence electrons. The molecule has 4 rings (SSSR count). The number of thiophene rings is 1. The van der Waals surface area contributed by atoms with Crippen molar-refractivity contribution in [3.05, 3.63) is 87.6 Å². The molecule has 31 heavy (non-hydrogen) atoms. The molecule has 1 aromatic heterocycles. The summed E-state index contributed by atoms with van der Waals surface area (Å²) in [7, 11) is 0. The molecule has 1 aliphatic rings. The highest BCUT2D eigenvalue weighted by atomic mass is 35.5. The Morgan fingerprint density at radius 3 is 2.39 bits per heavy atom. The molecular weight excluding hydrogens is 428 g/mol. The molecule has 0 aliphatic heterocycles. The Labute approximate surface area is 191 Å². The van der Waals surface area contributed by atoms with E-state index in [9.17, 15) is 9.59 Å². The third-order valence-electron chi connectivity index (χ3n) is 5.61. The summed E-state index contributed by atoms with van der Waals surface area (Å²) in [6.45, 7) is 0. The Balaban J connectivity index is 1.75. The van der Waals surface area contributed by atoms with E-state index in [1.165, 1.54) is 11.3 Å². The number of para-hydroxylation sites is 1. The number of hydrogen-bond donors (Lipinski definition) is 1. The first kappa shape index (κ1) is 21.6. The van der Waals surface area contributed by atoms with Gasteiger partial charge in [0.1, 0.15) is 6.04 Å². The zero-order chi connectivity index (χ0) is 21.6. The van der Waals surface area contributed by atoms with Crippen molar-refractivity contribution in [3.8, 4) is 0 Å². The molecule has 0 spiro atoms. The lowest BCUT2D eigenvalue weighted by atomic mass is 10.0. The summed E-state index contributed by atoms with van der Waals surface area (Å²) in [5, 5.41) is 5.58. The maximum atomic E-state index is 13.6. The summed E-state index contributed by atoms with van der Waals surface area (Å²) in [5.74, 6) is -0.330. The molecule has 0 unspecified atom stereocenters. The number of carbonyl (C=O) groups is 2. The second-order valence-corrected chi connectivity index (χ2v) is 9.21. The first-order valence-corrected chi connectivity index (χ1v) is 11.8. The van der Waals surface area contributed by atoms with Gasteiger partial charge >= 0.3 is 0 Å². The van der Waals surface area contributed by atoms with E-state index < -0.39 is 6.04 Å². The van der Waals surface area contributed by atoms with Crippen LogP contribution in [-0.2, 0) is 16.0 Å². The smallest absolute Gasteiger partial charge is 0.248 e. The number of rotatable bonds is 7. The third-order valence-corrected chi connectivity index (χ3v) is 6.81. The van der Waals surface area contributed by atoms with E-state index >= 15 is 0 Å². The lowest BCUT2D eigenvalue weighted by molar-refractivity contribution is -0.127. The Kier molecular flexibility index (Phi) is 7.05. The van der Waals surface area contributed by atoms with E-state index in [2.05, 4.69) is 5.32 Å². The zero-order valence-corrected chi connectivity index (χ0v) is 18.7. The van der Waals surface area contributed by atoms with Crippen LogP contribution in [0.4, 0.5) is 5.69 Å². The molecule has 2 aromatic carbocycles. The van der Waals surface area contributed by atoms with Gasteiger partial charge in [-0.25, -0.2) is 0 Å². The number of anilines is 1. The molecule has 6 heteroatoms. The van der Waals surface area contributed by atoms with Crippen LogP contribution in [-0.4, -0.2) is 17.9 Å². The highest BCUT2D eigenvalue weighted by Gasteiger charge is 2.35. The number of carbonyl (C=O) groups excluding carboxylic acids is 2. The SMILES string of the molecule is O=C(NC1CCCC1)[C@@H](c1ccccc1)N(C(=O)Cc1cccs1)c1ccccc1Cl. The van der Waals surface area contributed by atoms with Gasteiger partial charge in [0, 0.05) is 10.9 Å². The van der Waals surface area contributed by atoms with Crippen LogP contribution in [0.25, 0.3) is 0 Å². The van der Waals surface area contributed by atoms with E-state index in [0.717, 1.165) is 36.1 Å². The molecule has 3 aromatic rings. The average Bonchev–Trinajstić information content (AvgIpc) is 3.47. The summed E-state index contributed by atoms with van der Waals surface area (Å²) in [4.78, 5) is 29.7. The van der Waals surface area contributed by atoms with Gasteiger partial charge in [0.05, 0.1) is 17.1 Å². The molecular formula is C25H25ClN2O2S. The minimum atomic E-state index is -0.797. The fourth-order valence-electron chi connectivity index (χ4n) is 4.12. The van der Waals surface area contributed by atoms with Crippen LogP contribution < -0.4 is 10.2 Å². The Morgan fingerprint density at radius 2 is 1.71 bits per heavy atom. The number of amides is 2. The summed E-state index contributed by atoms with van der Waals surface area (Å²) in [6, 6.07) is 19.9. The normalized spacial score (nSPS) is 14.9. The van der Waals surface area contributed by atoms with Crippen molar-refractivity contribution >= 4 is 40.4 Å². The number of benzene rings is 2. The Morgan fingerprint density at radius 1 is 1.00 bits per heavy atom. The van der Waals surface area contributed by atoms with Gasteiger partial charge in [-0.15, -0.1) is 11.3 Å². The van der Waals surface area contributed by atoms with Crippen molar-refractivity contribution < 1.29 is 9.59 Å². The quantitative estimate of drug-likeness (QED) is 0.494. The van der Waals surface area contributed by atoms with Gasteiger partial charge in [0.25, 0.3) is 0 Å².